The molecule has 0 bridgehead atoms. The number of hydrogen-bond donors (Lipinski definition) is 2. The molecule has 1 atom stereocenters. The molecule has 0 saturated carbocycles. The van der Waals surface area contributed by atoms with E-state index in [4.69, 9.17) is 10.9 Å². The number of oxime groups is 1. The molecule has 20 heavy (non-hydrogen) atoms. The van der Waals surface area contributed by atoms with E-state index in [-0.39, 0.29) is 5.84 Å². The minimum atomic E-state index is 0.0893. The number of amidine groups is 1. The third-order valence-corrected chi connectivity index (χ3v) is 3.97. The lowest BCUT2D eigenvalue weighted by atomic mass is 10.2. The Labute approximate surface area is 119 Å². The van der Waals surface area contributed by atoms with Crippen LogP contribution >= 0.6 is 0 Å². The molecule has 6 heteroatoms. The molecule has 0 radical (unpaired) electrons. The molecular formula is C14H23N5O. The van der Waals surface area contributed by atoms with Crippen LogP contribution in [0.3, 0.4) is 0 Å². The van der Waals surface area contributed by atoms with E-state index < -0.39 is 0 Å². The predicted octanol–water partition coefficient (Wildman–Crippen LogP) is 1.10. The van der Waals surface area contributed by atoms with Crippen LogP contribution in [-0.2, 0) is 0 Å². The van der Waals surface area contributed by atoms with Crippen molar-refractivity contribution in [1.82, 2.24) is 9.88 Å². The van der Waals surface area contributed by atoms with E-state index in [9.17, 15) is 0 Å². The molecule has 1 aliphatic heterocycles. The van der Waals surface area contributed by atoms with E-state index >= 15 is 0 Å². The van der Waals surface area contributed by atoms with Crippen LogP contribution in [0, 0.1) is 0 Å². The molecule has 2 rings (SSSR count). The van der Waals surface area contributed by atoms with Gasteiger partial charge in [-0.15, -0.1) is 0 Å². The summed E-state index contributed by atoms with van der Waals surface area (Å²) in [7, 11) is 0. The summed E-state index contributed by atoms with van der Waals surface area (Å²) in [5, 5.41) is 11.6. The van der Waals surface area contributed by atoms with Gasteiger partial charge in [0.1, 0.15) is 5.82 Å². The van der Waals surface area contributed by atoms with Gasteiger partial charge in [-0.3, -0.25) is 4.90 Å². The number of likely N-dealkylation sites (N-methyl/N-ethyl adjacent to an activating group) is 1. The Morgan fingerprint density at radius 1 is 1.50 bits per heavy atom. The van der Waals surface area contributed by atoms with E-state index in [0.717, 1.165) is 32.0 Å². The number of nitrogens with two attached hydrogens (primary N) is 1. The Morgan fingerprint density at radius 3 is 2.80 bits per heavy atom. The first-order valence-corrected chi connectivity index (χ1v) is 7.12. The van der Waals surface area contributed by atoms with Gasteiger partial charge in [-0.05, 0) is 31.6 Å². The Kier molecular flexibility index (Phi) is 4.79. The summed E-state index contributed by atoms with van der Waals surface area (Å²) >= 11 is 0. The second-order valence-electron chi connectivity index (χ2n) is 5.00. The first-order chi connectivity index (χ1) is 9.69. The van der Waals surface area contributed by atoms with Crippen molar-refractivity contribution in [3.8, 4) is 0 Å². The number of anilines is 1. The second-order valence-corrected chi connectivity index (χ2v) is 5.00. The number of rotatable bonds is 5. The molecule has 0 aliphatic carbocycles. The minimum absolute atomic E-state index is 0.0893. The average molecular weight is 277 g/mol. The zero-order valence-corrected chi connectivity index (χ0v) is 12.2. The van der Waals surface area contributed by atoms with Crippen molar-refractivity contribution < 1.29 is 5.21 Å². The highest BCUT2D eigenvalue weighted by atomic mass is 16.4. The summed E-state index contributed by atoms with van der Waals surface area (Å²) in [6, 6.07) is 4.37. The maximum atomic E-state index is 8.64. The van der Waals surface area contributed by atoms with Crippen LogP contribution < -0.4 is 10.6 Å². The average Bonchev–Trinajstić information content (AvgIpc) is 2.97. The van der Waals surface area contributed by atoms with Crippen LogP contribution in [-0.4, -0.2) is 53.1 Å². The van der Waals surface area contributed by atoms with E-state index in [2.05, 4.69) is 33.8 Å². The van der Waals surface area contributed by atoms with Gasteiger partial charge < -0.3 is 15.8 Å². The van der Waals surface area contributed by atoms with Crippen LogP contribution in [0.25, 0.3) is 0 Å². The smallest absolute Gasteiger partial charge is 0.171 e. The normalized spacial score (nSPS) is 19.9. The maximum absolute atomic E-state index is 8.64. The summed E-state index contributed by atoms with van der Waals surface area (Å²) in [5.74, 6) is 1.04. The Balaban J connectivity index is 2.03. The quantitative estimate of drug-likeness (QED) is 0.365. The maximum Gasteiger partial charge on any atom is 0.171 e. The minimum Gasteiger partial charge on any atom is -0.409 e. The zero-order valence-electron chi connectivity index (χ0n) is 12.2. The van der Waals surface area contributed by atoms with Gasteiger partial charge in [0, 0.05) is 30.9 Å². The molecule has 0 aromatic carbocycles. The topological polar surface area (TPSA) is 78.0 Å². The highest BCUT2D eigenvalue weighted by Crippen LogP contribution is 2.21. The molecule has 110 valence electrons. The lowest BCUT2D eigenvalue weighted by Gasteiger charge is -2.26. The molecule has 3 N–H and O–H groups in total. The molecule has 0 amide bonds. The van der Waals surface area contributed by atoms with Gasteiger partial charge in [-0.25, -0.2) is 4.98 Å². The largest absolute Gasteiger partial charge is 0.409 e. The fourth-order valence-corrected chi connectivity index (χ4v) is 2.77. The van der Waals surface area contributed by atoms with Gasteiger partial charge in [0.2, 0.25) is 0 Å². The van der Waals surface area contributed by atoms with Crippen LogP contribution in [0.4, 0.5) is 5.82 Å². The molecule has 1 aliphatic rings. The second kappa shape index (κ2) is 6.56. The lowest BCUT2D eigenvalue weighted by molar-refractivity contribution is 0.232. The molecule has 1 aromatic heterocycles. The Hall–Kier alpha value is -1.82. The predicted molar refractivity (Wildman–Crippen MR) is 80.3 cm³/mol. The first kappa shape index (κ1) is 14.6. The van der Waals surface area contributed by atoms with E-state index in [1.165, 1.54) is 6.42 Å². The molecule has 1 unspecified atom stereocenters. The van der Waals surface area contributed by atoms with Crippen LogP contribution in [0.2, 0.25) is 0 Å². The molecule has 1 fully saturated rings. The molecular weight excluding hydrogens is 254 g/mol. The van der Waals surface area contributed by atoms with Crippen LogP contribution in [0.1, 0.15) is 25.8 Å². The van der Waals surface area contributed by atoms with Crippen molar-refractivity contribution in [3.63, 3.8) is 0 Å². The summed E-state index contributed by atoms with van der Waals surface area (Å²) in [6.45, 7) is 8.62. The van der Waals surface area contributed by atoms with Gasteiger partial charge in [0.05, 0.1) is 0 Å². The Morgan fingerprint density at radius 2 is 2.25 bits per heavy atom. The van der Waals surface area contributed by atoms with Gasteiger partial charge in [0.25, 0.3) is 0 Å². The summed E-state index contributed by atoms with van der Waals surface area (Å²) in [5.41, 5.74) is 6.17. The fraction of sp³-hybridized carbons (Fsp3) is 0.571. The van der Waals surface area contributed by atoms with E-state index in [1.807, 2.05) is 12.1 Å². The van der Waals surface area contributed by atoms with E-state index in [1.54, 1.807) is 6.20 Å². The molecule has 6 nitrogen and oxygen atoms in total. The third kappa shape index (κ3) is 3.01. The summed E-state index contributed by atoms with van der Waals surface area (Å²) in [4.78, 5) is 9.19. The molecule has 0 spiro atoms. The fourth-order valence-electron chi connectivity index (χ4n) is 2.77. The van der Waals surface area contributed by atoms with E-state index in [0.29, 0.717) is 11.6 Å². The monoisotopic (exact) mass is 277 g/mol. The first-order valence-electron chi connectivity index (χ1n) is 7.12. The number of hydrogen-bond acceptors (Lipinski definition) is 5. The zero-order chi connectivity index (χ0) is 14.5. The third-order valence-electron chi connectivity index (χ3n) is 3.97. The molecule has 1 saturated heterocycles. The van der Waals surface area contributed by atoms with Crippen molar-refractivity contribution in [1.29, 1.82) is 0 Å². The van der Waals surface area contributed by atoms with Crippen molar-refractivity contribution >= 4 is 11.7 Å². The summed E-state index contributed by atoms with van der Waals surface area (Å²) < 4.78 is 0. The Bertz CT molecular complexity index is 455. The number of nitrogens with zero attached hydrogens (tertiary/aromatic N) is 4. The van der Waals surface area contributed by atoms with Crippen LogP contribution in [0.15, 0.2) is 23.5 Å². The van der Waals surface area contributed by atoms with Gasteiger partial charge >= 0.3 is 0 Å². The SMILES string of the molecule is CCN(CC)C1CCN(c2ccc(C(N)=NO)cn2)C1. The van der Waals surface area contributed by atoms with Crippen molar-refractivity contribution in [2.75, 3.05) is 31.1 Å². The highest BCUT2D eigenvalue weighted by Gasteiger charge is 2.26. The molecule has 2 heterocycles. The number of aromatic nitrogens is 1. The lowest BCUT2D eigenvalue weighted by Crippen LogP contribution is -2.37. The van der Waals surface area contributed by atoms with Gasteiger partial charge in [-0.1, -0.05) is 19.0 Å². The van der Waals surface area contributed by atoms with Crippen molar-refractivity contribution in [3.05, 3.63) is 23.9 Å². The van der Waals surface area contributed by atoms with Crippen molar-refractivity contribution in [2.24, 2.45) is 10.9 Å². The molecule has 1 aromatic rings. The van der Waals surface area contributed by atoms with Crippen LogP contribution in [0.5, 0.6) is 0 Å². The number of pyridine rings is 1. The van der Waals surface area contributed by atoms with Crippen molar-refractivity contribution in [2.45, 2.75) is 26.3 Å². The summed E-state index contributed by atoms with van der Waals surface area (Å²) in [6.07, 6.45) is 2.82. The van der Waals surface area contributed by atoms with Gasteiger partial charge in [0.15, 0.2) is 5.84 Å². The standard InChI is InChI=1S/C14H23N5O/c1-3-18(4-2)12-7-8-19(10-12)13-6-5-11(9-16-13)14(15)17-20/h5-6,9,12,20H,3-4,7-8,10H2,1-2H3,(H2,15,17). The van der Waals surface area contributed by atoms with Gasteiger partial charge in [-0.2, -0.15) is 0 Å². The highest BCUT2D eigenvalue weighted by molar-refractivity contribution is 5.96.